The van der Waals surface area contributed by atoms with E-state index in [2.05, 4.69) is 38.8 Å². The lowest BCUT2D eigenvalue weighted by Crippen LogP contribution is -2.26. The van der Waals surface area contributed by atoms with Crippen LogP contribution in [-0.2, 0) is 4.74 Å². The standard InChI is InChI=1S/C19H24N4O3/c1-4-10-23(11-5-2)17-12-16(20-13-21-17)18(24)22-15-8-6-14(7-9-15)19(25)26-3/h6-9,12-13H,4-5,10-11H2,1-3H3,(H,22,24). The fraction of sp³-hybridized carbons (Fsp3) is 0.368. The van der Waals surface area contributed by atoms with E-state index >= 15 is 0 Å². The van der Waals surface area contributed by atoms with E-state index in [1.54, 1.807) is 30.3 Å². The quantitative estimate of drug-likeness (QED) is 0.732. The van der Waals surface area contributed by atoms with E-state index in [0.29, 0.717) is 16.9 Å². The SMILES string of the molecule is CCCN(CCC)c1cc(C(=O)Nc2ccc(C(=O)OC)cc2)ncn1. The number of aromatic nitrogens is 2. The molecule has 1 heterocycles. The third-order valence-corrected chi connectivity index (χ3v) is 3.76. The molecule has 0 aliphatic heterocycles. The molecule has 0 unspecified atom stereocenters. The number of amides is 1. The van der Waals surface area contributed by atoms with Crippen LogP contribution in [0.4, 0.5) is 11.5 Å². The number of anilines is 2. The number of rotatable bonds is 8. The maximum atomic E-state index is 12.5. The van der Waals surface area contributed by atoms with Gasteiger partial charge in [-0.1, -0.05) is 13.8 Å². The van der Waals surface area contributed by atoms with Crippen LogP contribution in [0.3, 0.4) is 0 Å². The average molecular weight is 356 g/mol. The van der Waals surface area contributed by atoms with Crippen LogP contribution in [0.2, 0.25) is 0 Å². The van der Waals surface area contributed by atoms with Gasteiger partial charge in [0.15, 0.2) is 0 Å². The Bertz CT molecular complexity index is 741. The highest BCUT2D eigenvalue weighted by Crippen LogP contribution is 2.15. The summed E-state index contributed by atoms with van der Waals surface area (Å²) in [5, 5.41) is 2.77. The highest BCUT2D eigenvalue weighted by Gasteiger charge is 2.13. The number of carbonyl (C=O) groups excluding carboxylic acids is 2. The molecule has 0 bridgehead atoms. The zero-order valence-corrected chi connectivity index (χ0v) is 15.4. The van der Waals surface area contributed by atoms with E-state index in [-0.39, 0.29) is 5.91 Å². The van der Waals surface area contributed by atoms with E-state index in [1.807, 2.05) is 0 Å². The highest BCUT2D eigenvalue weighted by molar-refractivity contribution is 6.03. The van der Waals surface area contributed by atoms with Crippen LogP contribution in [0.1, 0.15) is 47.5 Å². The second-order valence-corrected chi connectivity index (χ2v) is 5.77. The Labute approximate surface area is 153 Å². The molecule has 0 aliphatic carbocycles. The van der Waals surface area contributed by atoms with Crippen molar-refractivity contribution in [3.63, 3.8) is 0 Å². The smallest absolute Gasteiger partial charge is 0.337 e. The second kappa shape index (κ2) is 9.50. The molecule has 0 saturated heterocycles. The first-order chi connectivity index (χ1) is 12.6. The Morgan fingerprint density at radius 2 is 1.73 bits per heavy atom. The molecular formula is C19H24N4O3. The van der Waals surface area contributed by atoms with Gasteiger partial charge in [-0.25, -0.2) is 14.8 Å². The van der Waals surface area contributed by atoms with Crippen molar-refractivity contribution in [3.8, 4) is 0 Å². The van der Waals surface area contributed by atoms with Crippen LogP contribution in [0.25, 0.3) is 0 Å². The normalized spacial score (nSPS) is 10.3. The fourth-order valence-electron chi connectivity index (χ4n) is 2.53. The summed E-state index contributed by atoms with van der Waals surface area (Å²) in [6.07, 6.45) is 3.40. The van der Waals surface area contributed by atoms with E-state index in [1.165, 1.54) is 13.4 Å². The number of carbonyl (C=O) groups is 2. The Morgan fingerprint density at radius 1 is 1.08 bits per heavy atom. The summed E-state index contributed by atoms with van der Waals surface area (Å²) < 4.78 is 4.65. The summed E-state index contributed by atoms with van der Waals surface area (Å²) >= 11 is 0. The zero-order valence-electron chi connectivity index (χ0n) is 15.4. The number of hydrogen-bond donors (Lipinski definition) is 1. The van der Waals surface area contributed by atoms with Crippen LogP contribution in [0.15, 0.2) is 36.7 Å². The van der Waals surface area contributed by atoms with Gasteiger partial charge in [0.2, 0.25) is 0 Å². The second-order valence-electron chi connectivity index (χ2n) is 5.77. The Hall–Kier alpha value is -2.96. The summed E-state index contributed by atoms with van der Waals surface area (Å²) in [7, 11) is 1.32. The van der Waals surface area contributed by atoms with Crippen LogP contribution >= 0.6 is 0 Å². The first kappa shape index (κ1) is 19.4. The van der Waals surface area contributed by atoms with Crippen molar-refractivity contribution in [1.82, 2.24) is 9.97 Å². The minimum Gasteiger partial charge on any atom is -0.465 e. The largest absolute Gasteiger partial charge is 0.465 e. The maximum Gasteiger partial charge on any atom is 0.337 e. The molecule has 1 amide bonds. The molecule has 138 valence electrons. The first-order valence-electron chi connectivity index (χ1n) is 8.65. The molecule has 7 nitrogen and oxygen atoms in total. The van der Waals surface area contributed by atoms with Crippen molar-refractivity contribution in [1.29, 1.82) is 0 Å². The van der Waals surface area contributed by atoms with Crippen molar-refractivity contribution < 1.29 is 14.3 Å². The fourth-order valence-corrected chi connectivity index (χ4v) is 2.53. The number of nitrogens with one attached hydrogen (secondary N) is 1. The molecule has 1 aromatic heterocycles. The Morgan fingerprint density at radius 3 is 2.31 bits per heavy atom. The van der Waals surface area contributed by atoms with Crippen molar-refractivity contribution in [3.05, 3.63) is 47.9 Å². The van der Waals surface area contributed by atoms with Crippen LogP contribution in [0.5, 0.6) is 0 Å². The number of hydrogen-bond acceptors (Lipinski definition) is 6. The van der Waals surface area contributed by atoms with Gasteiger partial charge in [0.1, 0.15) is 17.8 Å². The minimum absolute atomic E-state index is 0.296. The molecule has 1 N–H and O–H groups in total. The van der Waals surface area contributed by atoms with Crippen molar-refractivity contribution in [2.24, 2.45) is 0 Å². The van der Waals surface area contributed by atoms with Crippen molar-refractivity contribution in [2.75, 3.05) is 30.4 Å². The average Bonchev–Trinajstić information content (AvgIpc) is 2.68. The molecule has 7 heteroatoms. The van der Waals surface area contributed by atoms with Crippen LogP contribution in [-0.4, -0.2) is 42.0 Å². The molecule has 1 aromatic carbocycles. The van der Waals surface area contributed by atoms with Gasteiger partial charge in [-0.05, 0) is 37.1 Å². The topological polar surface area (TPSA) is 84.4 Å². The van der Waals surface area contributed by atoms with Crippen LogP contribution < -0.4 is 10.2 Å². The lowest BCUT2D eigenvalue weighted by Gasteiger charge is -2.22. The van der Waals surface area contributed by atoms with Gasteiger partial charge in [0, 0.05) is 24.8 Å². The van der Waals surface area contributed by atoms with E-state index < -0.39 is 5.97 Å². The van der Waals surface area contributed by atoms with Gasteiger partial charge in [0.05, 0.1) is 12.7 Å². The van der Waals surface area contributed by atoms with Crippen molar-refractivity contribution in [2.45, 2.75) is 26.7 Å². The van der Waals surface area contributed by atoms with Gasteiger partial charge in [-0.2, -0.15) is 0 Å². The van der Waals surface area contributed by atoms with E-state index in [9.17, 15) is 9.59 Å². The third kappa shape index (κ3) is 5.02. The Kier molecular flexibility index (Phi) is 7.08. The molecule has 0 radical (unpaired) electrons. The molecule has 0 spiro atoms. The lowest BCUT2D eigenvalue weighted by atomic mass is 10.2. The van der Waals surface area contributed by atoms with Crippen LogP contribution in [0, 0.1) is 0 Å². The summed E-state index contributed by atoms with van der Waals surface area (Å²) in [4.78, 5) is 34.4. The van der Waals surface area contributed by atoms with E-state index in [0.717, 1.165) is 31.7 Å². The van der Waals surface area contributed by atoms with Gasteiger partial charge < -0.3 is 15.0 Å². The van der Waals surface area contributed by atoms with Gasteiger partial charge in [-0.3, -0.25) is 4.79 Å². The summed E-state index contributed by atoms with van der Waals surface area (Å²) in [5.41, 5.74) is 1.29. The Balaban J connectivity index is 2.12. The molecule has 0 fully saturated rings. The number of benzene rings is 1. The van der Waals surface area contributed by atoms with Crippen molar-refractivity contribution >= 4 is 23.4 Å². The molecule has 2 aromatic rings. The van der Waals surface area contributed by atoms with Gasteiger partial charge in [0.25, 0.3) is 5.91 Å². The predicted octanol–water partition coefficient (Wildman–Crippen LogP) is 3.14. The lowest BCUT2D eigenvalue weighted by molar-refractivity contribution is 0.0600. The minimum atomic E-state index is -0.421. The van der Waals surface area contributed by atoms with Gasteiger partial charge >= 0.3 is 5.97 Å². The molecular weight excluding hydrogens is 332 g/mol. The summed E-state index contributed by atoms with van der Waals surface area (Å²) in [6.45, 7) is 5.96. The number of nitrogens with zero attached hydrogens (tertiary/aromatic N) is 3. The first-order valence-corrected chi connectivity index (χ1v) is 8.65. The molecule has 0 aliphatic rings. The number of ether oxygens (including phenoxy) is 1. The molecule has 0 atom stereocenters. The number of esters is 1. The maximum absolute atomic E-state index is 12.5. The number of methoxy groups -OCH3 is 1. The molecule has 0 saturated carbocycles. The highest BCUT2D eigenvalue weighted by atomic mass is 16.5. The monoisotopic (exact) mass is 356 g/mol. The molecule has 2 rings (SSSR count). The summed E-state index contributed by atoms with van der Waals surface area (Å²) in [5.74, 6) is -0.00226. The third-order valence-electron chi connectivity index (χ3n) is 3.76. The summed E-state index contributed by atoms with van der Waals surface area (Å²) in [6, 6.07) is 8.18. The van der Waals surface area contributed by atoms with E-state index in [4.69, 9.17) is 0 Å². The molecule has 26 heavy (non-hydrogen) atoms. The predicted molar refractivity (Wildman–Crippen MR) is 101 cm³/mol. The zero-order chi connectivity index (χ0) is 18.9. The van der Waals surface area contributed by atoms with Gasteiger partial charge in [-0.15, -0.1) is 0 Å².